The van der Waals surface area contributed by atoms with Gasteiger partial charge in [-0.15, -0.1) is 0 Å². The van der Waals surface area contributed by atoms with Gasteiger partial charge < -0.3 is 9.84 Å². The summed E-state index contributed by atoms with van der Waals surface area (Å²) in [5.74, 6) is 1.24. The summed E-state index contributed by atoms with van der Waals surface area (Å²) < 4.78 is 5.93. The second-order valence-electron chi connectivity index (χ2n) is 5.75. The van der Waals surface area contributed by atoms with Crippen LogP contribution in [0.1, 0.15) is 16.7 Å². The van der Waals surface area contributed by atoms with Crippen LogP contribution in [-0.4, -0.2) is 5.11 Å². The molecule has 3 aromatic carbocycles. The number of aryl methyl sites for hydroxylation is 2. The van der Waals surface area contributed by atoms with E-state index in [1.165, 1.54) is 22.3 Å². The van der Waals surface area contributed by atoms with E-state index in [0.29, 0.717) is 12.4 Å². The van der Waals surface area contributed by atoms with Crippen LogP contribution in [0.3, 0.4) is 0 Å². The maximum Gasteiger partial charge on any atom is 0.128 e. The predicted molar refractivity (Wildman–Crippen MR) is 84.9 cm³/mol. The van der Waals surface area contributed by atoms with Crippen LogP contribution in [0.25, 0.3) is 21.9 Å². The van der Waals surface area contributed by atoms with Crippen LogP contribution in [0.2, 0.25) is 0 Å². The molecule has 1 N–H and O–H groups in total. The van der Waals surface area contributed by atoms with Gasteiger partial charge in [-0.2, -0.15) is 0 Å². The fourth-order valence-electron chi connectivity index (χ4n) is 3.29. The lowest BCUT2D eigenvalue weighted by Crippen LogP contribution is -2.07. The van der Waals surface area contributed by atoms with Crippen LogP contribution in [0.15, 0.2) is 42.5 Å². The Balaban J connectivity index is 2.15. The van der Waals surface area contributed by atoms with Crippen molar-refractivity contribution in [2.45, 2.75) is 20.5 Å². The quantitative estimate of drug-likeness (QED) is 0.643. The number of phenols is 1. The Hall–Kier alpha value is -2.48. The van der Waals surface area contributed by atoms with Gasteiger partial charge in [0.1, 0.15) is 18.1 Å². The molecule has 104 valence electrons. The minimum Gasteiger partial charge on any atom is -0.508 e. The lowest BCUT2D eigenvalue weighted by molar-refractivity contribution is 0.302. The second kappa shape index (κ2) is 4.26. The van der Waals surface area contributed by atoms with Gasteiger partial charge in [0.25, 0.3) is 0 Å². The first-order chi connectivity index (χ1) is 10.1. The Bertz CT molecular complexity index is 878. The molecule has 0 atom stereocenters. The van der Waals surface area contributed by atoms with Crippen molar-refractivity contribution >= 4 is 10.8 Å². The minimum absolute atomic E-state index is 0.300. The van der Waals surface area contributed by atoms with Crippen molar-refractivity contribution in [2.24, 2.45) is 0 Å². The molecule has 21 heavy (non-hydrogen) atoms. The molecule has 0 spiro atoms. The smallest absolute Gasteiger partial charge is 0.128 e. The third kappa shape index (κ3) is 1.79. The van der Waals surface area contributed by atoms with Crippen LogP contribution in [0, 0.1) is 13.8 Å². The van der Waals surface area contributed by atoms with E-state index < -0.39 is 0 Å². The minimum atomic E-state index is 0.300. The largest absolute Gasteiger partial charge is 0.508 e. The van der Waals surface area contributed by atoms with Gasteiger partial charge in [0, 0.05) is 11.1 Å². The van der Waals surface area contributed by atoms with E-state index in [9.17, 15) is 5.11 Å². The molecule has 4 rings (SSSR count). The lowest BCUT2D eigenvalue weighted by Gasteiger charge is -2.24. The number of hydrogen-bond acceptors (Lipinski definition) is 2. The summed E-state index contributed by atoms with van der Waals surface area (Å²) in [6.07, 6.45) is 0. The van der Waals surface area contributed by atoms with Gasteiger partial charge in [-0.1, -0.05) is 24.3 Å². The number of phenolic OH excluding ortho intramolecular Hbond substituents is 1. The molecule has 0 aromatic heterocycles. The molecular formula is C19H16O2. The van der Waals surface area contributed by atoms with Crippen molar-refractivity contribution in [1.82, 2.24) is 0 Å². The van der Waals surface area contributed by atoms with Crippen LogP contribution in [-0.2, 0) is 6.61 Å². The highest BCUT2D eigenvalue weighted by Gasteiger charge is 2.22. The third-order valence-electron chi connectivity index (χ3n) is 4.17. The Morgan fingerprint density at radius 1 is 0.952 bits per heavy atom. The van der Waals surface area contributed by atoms with Gasteiger partial charge in [-0.05, 0) is 59.5 Å². The monoisotopic (exact) mass is 276 g/mol. The second-order valence-corrected chi connectivity index (χ2v) is 5.75. The number of hydrogen-bond donors (Lipinski definition) is 1. The number of ether oxygens (including phenoxy) is 1. The number of aromatic hydroxyl groups is 1. The highest BCUT2D eigenvalue weighted by molar-refractivity contribution is 6.01. The first kappa shape index (κ1) is 12.3. The highest BCUT2D eigenvalue weighted by Crippen LogP contribution is 2.44. The van der Waals surface area contributed by atoms with E-state index in [2.05, 4.69) is 38.1 Å². The molecule has 0 unspecified atom stereocenters. The molecule has 3 aromatic rings. The summed E-state index contributed by atoms with van der Waals surface area (Å²) in [6, 6.07) is 14.0. The van der Waals surface area contributed by atoms with Crippen molar-refractivity contribution in [3.05, 3.63) is 59.2 Å². The summed E-state index contributed by atoms with van der Waals surface area (Å²) in [6.45, 7) is 4.78. The predicted octanol–water partition coefficient (Wildman–Crippen LogP) is 4.72. The summed E-state index contributed by atoms with van der Waals surface area (Å²) in [7, 11) is 0. The van der Waals surface area contributed by atoms with Crippen molar-refractivity contribution in [3.63, 3.8) is 0 Å². The normalized spacial score (nSPS) is 12.7. The lowest BCUT2D eigenvalue weighted by atomic mass is 9.88. The van der Waals surface area contributed by atoms with E-state index >= 15 is 0 Å². The van der Waals surface area contributed by atoms with Crippen LogP contribution < -0.4 is 4.74 Å². The summed E-state index contributed by atoms with van der Waals surface area (Å²) in [4.78, 5) is 0. The Labute approximate surface area is 123 Å². The first-order valence-corrected chi connectivity index (χ1v) is 7.12. The van der Waals surface area contributed by atoms with Gasteiger partial charge >= 0.3 is 0 Å². The topological polar surface area (TPSA) is 29.5 Å². The Morgan fingerprint density at radius 2 is 1.76 bits per heavy atom. The van der Waals surface area contributed by atoms with Gasteiger partial charge in [-0.25, -0.2) is 0 Å². The first-order valence-electron chi connectivity index (χ1n) is 7.12. The van der Waals surface area contributed by atoms with Crippen LogP contribution in [0.4, 0.5) is 0 Å². The molecule has 2 nitrogen and oxygen atoms in total. The van der Waals surface area contributed by atoms with Gasteiger partial charge in [0.15, 0.2) is 0 Å². The molecule has 0 amide bonds. The molecule has 2 heteroatoms. The Morgan fingerprint density at radius 3 is 2.62 bits per heavy atom. The molecule has 0 saturated heterocycles. The van der Waals surface area contributed by atoms with E-state index in [1.54, 1.807) is 6.07 Å². The van der Waals surface area contributed by atoms with Gasteiger partial charge in [0.2, 0.25) is 0 Å². The molecule has 1 heterocycles. The average Bonchev–Trinajstić information content (AvgIpc) is 2.46. The highest BCUT2D eigenvalue weighted by atomic mass is 16.5. The molecule has 0 saturated carbocycles. The molecule has 0 fully saturated rings. The van der Waals surface area contributed by atoms with E-state index in [4.69, 9.17) is 4.74 Å². The molecule has 0 radical (unpaired) electrons. The number of benzene rings is 3. The SMILES string of the molecule is Cc1cc(C)c2c(c1)OCc1ccc3ccc(O)cc3c1-2. The molecule has 1 aliphatic rings. The van der Waals surface area contributed by atoms with E-state index in [0.717, 1.165) is 22.1 Å². The average molecular weight is 276 g/mol. The molecule has 1 aliphatic heterocycles. The van der Waals surface area contributed by atoms with Gasteiger partial charge in [-0.3, -0.25) is 0 Å². The summed E-state index contributed by atoms with van der Waals surface area (Å²) in [5, 5.41) is 12.1. The Kier molecular flexibility index (Phi) is 2.49. The number of rotatable bonds is 0. The maximum atomic E-state index is 9.86. The molecular weight excluding hydrogens is 260 g/mol. The van der Waals surface area contributed by atoms with Crippen molar-refractivity contribution < 1.29 is 9.84 Å². The summed E-state index contributed by atoms with van der Waals surface area (Å²) >= 11 is 0. The van der Waals surface area contributed by atoms with Crippen molar-refractivity contribution in [1.29, 1.82) is 0 Å². The van der Waals surface area contributed by atoms with Crippen molar-refractivity contribution in [3.8, 4) is 22.6 Å². The zero-order chi connectivity index (χ0) is 14.6. The number of fused-ring (bicyclic) bond motifs is 5. The third-order valence-corrected chi connectivity index (χ3v) is 4.17. The van der Waals surface area contributed by atoms with Gasteiger partial charge in [0.05, 0.1) is 0 Å². The van der Waals surface area contributed by atoms with E-state index in [-0.39, 0.29) is 0 Å². The van der Waals surface area contributed by atoms with Crippen LogP contribution in [0.5, 0.6) is 11.5 Å². The zero-order valence-electron chi connectivity index (χ0n) is 12.1. The maximum absolute atomic E-state index is 9.86. The zero-order valence-corrected chi connectivity index (χ0v) is 12.1. The molecule has 0 bridgehead atoms. The standard InChI is InChI=1S/C19H16O2/c1-11-7-12(2)18-17(8-11)21-10-14-4-3-13-5-6-15(20)9-16(13)19(14)18/h3-9,20H,10H2,1-2H3. The summed E-state index contributed by atoms with van der Waals surface area (Å²) in [5.41, 5.74) is 5.94. The fraction of sp³-hybridized carbons (Fsp3) is 0.158. The fourth-order valence-corrected chi connectivity index (χ4v) is 3.29. The van der Waals surface area contributed by atoms with Crippen molar-refractivity contribution in [2.75, 3.05) is 0 Å². The van der Waals surface area contributed by atoms with Crippen LogP contribution >= 0.6 is 0 Å². The van der Waals surface area contributed by atoms with E-state index in [1.807, 2.05) is 12.1 Å². The molecule has 0 aliphatic carbocycles.